The largest absolute Gasteiger partial charge is 0.454 e. The van der Waals surface area contributed by atoms with Crippen molar-refractivity contribution < 1.29 is 14.3 Å². The second-order valence-electron chi connectivity index (χ2n) is 5.12. The van der Waals surface area contributed by atoms with Gasteiger partial charge in [0.1, 0.15) is 6.61 Å². The van der Waals surface area contributed by atoms with Gasteiger partial charge in [-0.1, -0.05) is 17.7 Å². The van der Waals surface area contributed by atoms with Crippen molar-refractivity contribution in [1.82, 2.24) is 15.0 Å². The van der Waals surface area contributed by atoms with Crippen molar-refractivity contribution in [3.05, 3.63) is 64.6 Å². The summed E-state index contributed by atoms with van der Waals surface area (Å²) in [5, 5.41) is 2.70. The zero-order valence-corrected chi connectivity index (χ0v) is 15.2. The Labute approximate surface area is 158 Å². The Morgan fingerprint density at radius 1 is 1.31 bits per heavy atom. The number of carbonyl (C=O) groups is 2. The van der Waals surface area contributed by atoms with Crippen LogP contribution < -0.4 is 4.90 Å². The van der Waals surface area contributed by atoms with Crippen LogP contribution in [0.1, 0.15) is 23.1 Å². The predicted molar refractivity (Wildman–Crippen MR) is 97.5 cm³/mol. The molecule has 0 saturated carbocycles. The van der Waals surface area contributed by atoms with E-state index in [1.54, 1.807) is 29.6 Å². The molecule has 9 heteroatoms. The number of carbonyl (C=O) groups excluding carboxylic acids is 2. The standard InChI is InChI=1S/C17H13ClN4O3S/c1-11(23)22(14-4-2-3-12(18)7-14)17-21-13(10-26-17)9-25-16(24)15-8-19-5-6-20-15/h2-8,10H,9H2,1H3. The average Bonchev–Trinajstić information content (AvgIpc) is 3.09. The molecule has 26 heavy (non-hydrogen) atoms. The smallest absolute Gasteiger partial charge is 0.358 e. The van der Waals surface area contributed by atoms with Gasteiger partial charge in [-0.3, -0.25) is 14.7 Å². The Morgan fingerprint density at radius 3 is 2.85 bits per heavy atom. The van der Waals surface area contributed by atoms with Crippen LogP contribution in [0.3, 0.4) is 0 Å². The van der Waals surface area contributed by atoms with Crippen molar-refractivity contribution in [2.75, 3.05) is 4.90 Å². The summed E-state index contributed by atoms with van der Waals surface area (Å²) in [5.74, 6) is -0.796. The summed E-state index contributed by atoms with van der Waals surface area (Å²) in [6.07, 6.45) is 4.20. The van der Waals surface area contributed by atoms with E-state index in [-0.39, 0.29) is 18.2 Å². The molecule has 1 aromatic carbocycles. The van der Waals surface area contributed by atoms with E-state index in [9.17, 15) is 9.59 Å². The molecule has 2 aromatic heterocycles. The number of halogens is 1. The van der Waals surface area contributed by atoms with Gasteiger partial charge in [-0.25, -0.2) is 14.8 Å². The molecule has 0 bridgehead atoms. The summed E-state index contributed by atoms with van der Waals surface area (Å²) in [5.41, 5.74) is 1.25. The van der Waals surface area contributed by atoms with E-state index in [4.69, 9.17) is 16.3 Å². The summed E-state index contributed by atoms with van der Waals surface area (Å²) in [7, 11) is 0. The van der Waals surface area contributed by atoms with Crippen LogP contribution in [0.2, 0.25) is 5.02 Å². The van der Waals surface area contributed by atoms with Gasteiger partial charge in [-0.15, -0.1) is 11.3 Å². The van der Waals surface area contributed by atoms with Gasteiger partial charge >= 0.3 is 5.97 Å². The predicted octanol–water partition coefficient (Wildman–Crippen LogP) is 3.63. The maximum Gasteiger partial charge on any atom is 0.358 e. The van der Waals surface area contributed by atoms with E-state index in [0.717, 1.165) is 0 Å². The van der Waals surface area contributed by atoms with Crippen LogP contribution in [0, 0.1) is 0 Å². The van der Waals surface area contributed by atoms with Gasteiger partial charge in [0.15, 0.2) is 10.8 Å². The first kappa shape index (κ1) is 18.0. The normalized spacial score (nSPS) is 10.4. The third-order valence-corrected chi connectivity index (χ3v) is 4.35. The highest BCUT2D eigenvalue weighted by Gasteiger charge is 2.19. The highest BCUT2D eigenvalue weighted by Crippen LogP contribution is 2.30. The molecule has 0 saturated heterocycles. The molecule has 0 N–H and O–H groups in total. The quantitative estimate of drug-likeness (QED) is 0.620. The Morgan fingerprint density at radius 2 is 2.15 bits per heavy atom. The van der Waals surface area contributed by atoms with Crippen LogP contribution in [0.25, 0.3) is 0 Å². The molecule has 1 amide bonds. The maximum atomic E-state index is 12.1. The molecule has 0 unspecified atom stereocenters. The van der Waals surface area contributed by atoms with Crippen LogP contribution >= 0.6 is 22.9 Å². The van der Waals surface area contributed by atoms with Gasteiger partial charge in [0.25, 0.3) is 0 Å². The fourth-order valence-corrected chi connectivity index (χ4v) is 3.18. The van der Waals surface area contributed by atoms with Crippen molar-refractivity contribution in [3.63, 3.8) is 0 Å². The Balaban J connectivity index is 1.73. The lowest BCUT2D eigenvalue weighted by molar-refractivity contribution is -0.115. The molecule has 0 aliphatic carbocycles. The monoisotopic (exact) mass is 388 g/mol. The van der Waals surface area contributed by atoms with Crippen molar-refractivity contribution >= 4 is 45.6 Å². The van der Waals surface area contributed by atoms with Crippen molar-refractivity contribution in [2.45, 2.75) is 13.5 Å². The van der Waals surface area contributed by atoms with Crippen LogP contribution in [-0.2, 0) is 16.1 Å². The minimum absolute atomic E-state index is 0.0345. The number of hydrogen-bond donors (Lipinski definition) is 0. The zero-order chi connectivity index (χ0) is 18.5. The molecular weight excluding hydrogens is 376 g/mol. The van der Waals surface area contributed by atoms with E-state index in [2.05, 4.69) is 15.0 Å². The number of ether oxygens (including phenoxy) is 1. The molecule has 7 nitrogen and oxygen atoms in total. The van der Waals surface area contributed by atoms with Crippen LogP contribution in [-0.4, -0.2) is 26.8 Å². The minimum atomic E-state index is -0.592. The Kier molecular flexibility index (Phi) is 5.55. The average molecular weight is 389 g/mol. The number of nitrogens with zero attached hydrogens (tertiary/aromatic N) is 4. The number of benzene rings is 1. The number of thiazole rings is 1. The van der Waals surface area contributed by atoms with Crippen LogP contribution in [0.15, 0.2) is 48.2 Å². The molecule has 3 aromatic rings. The van der Waals surface area contributed by atoms with Crippen LogP contribution in [0.5, 0.6) is 0 Å². The summed E-state index contributed by atoms with van der Waals surface area (Å²) in [4.78, 5) is 37.5. The lowest BCUT2D eigenvalue weighted by Gasteiger charge is -2.18. The number of amides is 1. The lowest BCUT2D eigenvalue weighted by atomic mass is 10.3. The molecule has 0 aliphatic rings. The van der Waals surface area contributed by atoms with Gasteiger partial charge in [-0.05, 0) is 18.2 Å². The fraction of sp³-hybridized carbons (Fsp3) is 0.118. The van der Waals surface area contributed by atoms with E-state index in [1.807, 2.05) is 0 Å². The first-order valence-corrected chi connectivity index (χ1v) is 8.74. The maximum absolute atomic E-state index is 12.1. The topological polar surface area (TPSA) is 85.3 Å². The molecule has 0 aliphatic heterocycles. The van der Waals surface area contributed by atoms with Gasteiger partial charge in [-0.2, -0.15) is 0 Å². The molecule has 2 heterocycles. The van der Waals surface area contributed by atoms with Gasteiger partial charge in [0.2, 0.25) is 5.91 Å². The minimum Gasteiger partial charge on any atom is -0.454 e. The molecule has 0 spiro atoms. The second kappa shape index (κ2) is 8.03. The van der Waals surface area contributed by atoms with Crippen molar-refractivity contribution in [3.8, 4) is 0 Å². The van der Waals surface area contributed by atoms with E-state index < -0.39 is 5.97 Å². The molecule has 0 fully saturated rings. The fourth-order valence-electron chi connectivity index (χ4n) is 2.13. The number of rotatable bonds is 5. The highest BCUT2D eigenvalue weighted by atomic mass is 35.5. The lowest BCUT2D eigenvalue weighted by Crippen LogP contribution is -2.22. The van der Waals surface area contributed by atoms with Crippen molar-refractivity contribution in [2.24, 2.45) is 0 Å². The molecule has 0 atom stereocenters. The Hall–Kier alpha value is -2.84. The molecule has 132 valence electrons. The SMILES string of the molecule is CC(=O)N(c1cccc(Cl)c1)c1nc(COC(=O)c2cnccn2)cs1. The number of anilines is 2. The molecule has 3 rings (SSSR count). The van der Waals surface area contributed by atoms with Gasteiger partial charge < -0.3 is 4.74 Å². The number of hydrogen-bond acceptors (Lipinski definition) is 7. The number of esters is 1. The third-order valence-electron chi connectivity index (χ3n) is 3.24. The van der Waals surface area contributed by atoms with E-state index >= 15 is 0 Å². The van der Waals surface area contributed by atoms with E-state index in [0.29, 0.717) is 21.5 Å². The zero-order valence-electron chi connectivity index (χ0n) is 13.6. The highest BCUT2D eigenvalue weighted by molar-refractivity contribution is 7.14. The Bertz CT molecular complexity index is 933. The summed E-state index contributed by atoms with van der Waals surface area (Å²) in [6, 6.07) is 6.92. The number of aromatic nitrogens is 3. The second-order valence-corrected chi connectivity index (χ2v) is 6.40. The van der Waals surface area contributed by atoms with E-state index in [1.165, 1.54) is 41.8 Å². The van der Waals surface area contributed by atoms with Crippen LogP contribution in [0.4, 0.5) is 10.8 Å². The molecular formula is C17H13ClN4O3S. The first-order valence-electron chi connectivity index (χ1n) is 7.48. The summed E-state index contributed by atoms with van der Waals surface area (Å²) in [6.45, 7) is 1.41. The third kappa shape index (κ3) is 4.22. The first-order chi connectivity index (χ1) is 12.5. The summed E-state index contributed by atoms with van der Waals surface area (Å²) < 4.78 is 5.17. The van der Waals surface area contributed by atoms with Crippen molar-refractivity contribution in [1.29, 1.82) is 0 Å². The molecule has 0 radical (unpaired) electrons. The van der Waals surface area contributed by atoms with Gasteiger partial charge in [0, 0.05) is 29.7 Å². The summed E-state index contributed by atoms with van der Waals surface area (Å²) >= 11 is 7.27. The van der Waals surface area contributed by atoms with Gasteiger partial charge in [0.05, 0.1) is 17.6 Å².